The molecule has 2 aromatic carbocycles. The van der Waals surface area contributed by atoms with E-state index in [1.54, 1.807) is 0 Å². The van der Waals surface area contributed by atoms with E-state index < -0.39 is 23.1 Å². The van der Waals surface area contributed by atoms with E-state index in [1.807, 2.05) is 0 Å². The fourth-order valence-electron chi connectivity index (χ4n) is 1.82. The van der Waals surface area contributed by atoms with Gasteiger partial charge in [0.15, 0.2) is 5.60 Å². The number of hydrogen-bond donors (Lipinski definition) is 3. The number of fused-ring (bicyclic) bond motifs is 1. The normalized spacial score (nSPS) is 15.4. The van der Waals surface area contributed by atoms with Crippen LogP contribution in [0, 0.1) is 0 Å². The van der Waals surface area contributed by atoms with Crippen molar-refractivity contribution in [3.05, 3.63) is 35.9 Å². The highest BCUT2D eigenvalue weighted by atomic mass is 19.4. The van der Waals surface area contributed by atoms with Gasteiger partial charge in [-0.25, -0.2) is 0 Å². The van der Waals surface area contributed by atoms with Crippen molar-refractivity contribution in [3.63, 3.8) is 0 Å². The van der Waals surface area contributed by atoms with Crippen LogP contribution in [0.3, 0.4) is 0 Å². The molecule has 0 aliphatic rings. The number of phenols is 2. The Morgan fingerprint density at radius 1 is 0.947 bits per heavy atom. The van der Waals surface area contributed by atoms with Crippen molar-refractivity contribution in [3.8, 4) is 11.5 Å². The van der Waals surface area contributed by atoms with E-state index in [2.05, 4.69) is 0 Å². The van der Waals surface area contributed by atoms with Crippen LogP contribution in [0.1, 0.15) is 12.5 Å². The topological polar surface area (TPSA) is 60.7 Å². The number of halogens is 3. The lowest BCUT2D eigenvalue weighted by molar-refractivity contribution is -0.259. The van der Waals surface area contributed by atoms with Crippen LogP contribution in [0.15, 0.2) is 30.3 Å². The lowest BCUT2D eigenvalue weighted by atomic mass is 9.92. The van der Waals surface area contributed by atoms with E-state index >= 15 is 0 Å². The first kappa shape index (κ1) is 13.5. The van der Waals surface area contributed by atoms with Gasteiger partial charge in [-0.05, 0) is 42.0 Å². The number of benzene rings is 2. The zero-order chi connectivity index (χ0) is 14.4. The quantitative estimate of drug-likeness (QED) is 0.747. The van der Waals surface area contributed by atoms with Crippen molar-refractivity contribution in [2.75, 3.05) is 0 Å². The molecular weight excluding hydrogens is 261 g/mol. The number of aromatic hydroxyl groups is 2. The van der Waals surface area contributed by atoms with E-state index in [-0.39, 0.29) is 11.1 Å². The van der Waals surface area contributed by atoms with Gasteiger partial charge in [0.05, 0.1) is 0 Å². The van der Waals surface area contributed by atoms with Crippen LogP contribution in [-0.2, 0) is 5.60 Å². The zero-order valence-corrected chi connectivity index (χ0v) is 9.86. The van der Waals surface area contributed by atoms with Crippen LogP contribution in [0.2, 0.25) is 0 Å². The van der Waals surface area contributed by atoms with Crippen LogP contribution >= 0.6 is 0 Å². The third kappa shape index (κ3) is 2.19. The summed E-state index contributed by atoms with van der Waals surface area (Å²) in [6, 6.07) is 6.19. The molecule has 0 radical (unpaired) electrons. The number of hydrogen-bond acceptors (Lipinski definition) is 3. The molecule has 0 fully saturated rings. The number of phenolic OH excluding ortho intramolecular Hbond substituents is 2. The van der Waals surface area contributed by atoms with Crippen molar-refractivity contribution in [2.45, 2.75) is 18.7 Å². The van der Waals surface area contributed by atoms with Gasteiger partial charge in [0.1, 0.15) is 11.5 Å². The third-order valence-electron chi connectivity index (χ3n) is 3.01. The fourth-order valence-corrected chi connectivity index (χ4v) is 1.82. The van der Waals surface area contributed by atoms with Gasteiger partial charge >= 0.3 is 6.18 Å². The predicted molar refractivity (Wildman–Crippen MR) is 62.9 cm³/mol. The summed E-state index contributed by atoms with van der Waals surface area (Å²) in [6.45, 7) is 0.566. The second-order valence-electron chi connectivity index (χ2n) is 4.47. The molecule has 0 amide bonds. The van der Waals surface area contributed by atoms with Crippen molar-refractivity contribution >= 4 is 10.8 Å². The molecule has 6 heteroatoms. The molecule has 0 heterocycles. The van der Waals surface area contributed by atoms with E-state index in [0.717, 1.165) is 12.1 Å². The molecule has 2 aromatic rings. The molecule has 0 aliphatic heterocycles. The van der Waals surface area contributed by atoms with Gasteiger partial charge in [-0.15, -0.1) is 0 Å². The van der Waals surface area contributed by atoms with Crippen LogP contribution in [0.25, 0.3) is 10.8 Å². The molecule has 19 heavy (non-hydrogen) atoms. The molecule has 0 aliphatic carbocycles. The van der Waals surface area contributed by atoms with E-state index in [1.165, 1.54) is 18.2 Å². The second-order valence-corrected chi connectivity index (χ2v) is 4.47. The molecule has 102 valence electrons. The maximum Gasteiger partial charge on any atom is 0.421 e. The molecule has 2 rings (SSSR count). The SMILES string of the molecule is CC(O)(c1cc2cc(O)ccc2cc1O)C(F)(F)F. The molecule has 3 nitrogen and oxygen atoms in total. The van der Waals surface area contributed by atoms with Gasteiger partial charge in [-0.1, -0.05) is 6.07 Å². The second kappa shape index (κ2) is 4.03. The number of rotatable bonds is 1. The van der Waals surface area contributed by atoms with E-state index in [0.29, 0.717) is 12.3 Å². The summed E-state index contributed by atoms with van der Waals surface area (Å²) >= 11 is 0. The summed E-state index contributed by atoms with van der Waals surface area (Å²) < 4.78 is 38.3. The van der Waals surface area contributed by atoms with E-state index in [4.69, 9.17) is 0 Å². The maximum absolute atomic E-state index is 12.8. The summed E-state index contributed by atoms with van der Waals surface area (Å²) in [4.78, 5) is 0. The largest absolute Gasteiger partial charge is 0.508 e. The van der Waals surface area contributed by atoms with E-state index in [9.17, 15) is 28.5 Å². The summed E-state index contributed by atoms with van der Waals surface area (Å²) in [5.41, 5.74) is -3.82. The molecular formula is C13H11F3O3. The van der Waals surface area contributed by atoms with Crippen molar-refractivity contribution in [2.24, 2.45) is 0 Å². The first-order chi connectivity index (χ1) is 8.63. The minimum absolute atomic E-state index is 0.115. The van der Waals surface area contributed by atoms with Gasteiger partial charge in [-0.2, -0.15) is 13.2 Å². The third-order valence-corrected chi connectivity index (χ3v) is 3.01. The molecule has 0 bridgehead atoms. The van der Waals surface area contributed by atoms with Crippen LogP contribution in [0.5, 0.6) is 11.5 Å². The van der Waals surface area contributed by atoms with Crippen molar-refractivity contribution in [1.82, 2.24) is 0 Å². The zero-order valence-electron chi connectivity index (χ0n) is 9.86. The minimum Gasteiger partial charge on any atom is -0.508 e. The maximum atomic E-state index is 12.8. The van der Waals surface area contributed by atoms with Crippen LogP contribution < -0.4 is 0 Å². The highest BCUT2D eigenvalue weighted by Crippen LogP contribution is 2.43. The summed E-state index contributed by atoms with van der Waals surface area (Å²) in [5, 5.41) is 29.3. The summed E-state index contributed by atoms with van der Waals surface area (Å²) in [7, 11) is 0. The standard InChI is InChI=1S/C13H11F3O3/c1-12(19,13(14,15)16)10-5-8-4-9(17)3-2-7(8)6-11(10)18/h2-6,17-19H,1H3. The Kier molecular flexibility index (Phi) is 2.86. The molecule has 0 aromatic heterocycles. The van der Waals surface area contributed by atoms with Gasteiger partial charge in [-0.3, -0.25) is 0 Å². The average Bonchev–Trinajstić information content (AvgIpc) is 2.27. The Hall–Kier alpha value is -1.95. The Balaban J connectivity index is 2.71. The Bertz CT molecular complexity index is 633. The fraction of sp³-hybridized carbons (Fsp3) is 0.231. The highest BCUT2D eigenvalue weighted by Gasteiger charge is 2.52. The summed E-state index contributed by atoms with van der Waals surface area (Å²) in [6.07, 6.45) is -4.92. The van der Waals surface area contributed by atoms with Crippen molar-refractivity contribution in [1.29, 1.82) is 0 Å². The first-order valence-electron chi connectivity index (χ1n) is 5.38. The average molecular weight is 272 g/mol. The Morgan fingerprint density at radius 3 is 2.16 bits per heavy atom. The molecule has 0 spiro atoms. The van der Waals surface area contributed by atoms with Crippen molar-refractivity contribution < 1.29 is 28.5 Å². The number of alkyl halides is 3. The van der Waals surface area contributed by atoms with Gasteiger partial charge in [0.25, 0.3) is 0 Å². The Morgan fingerprint density at radius 2 is 1.58 bits per heavy atom. The predicted octanol–water partition coefficient (Wildman–Crippen LogP) is 3.02. The molecule has 0 saturated heterocycles. The van der Waals surface area contributed by atoms with Crippen LogP contribution in [-0.4, -0.2) is 21.5 Å². The minimum atomic E-state index is -4.92. The van der Waals surface area contributed by atoms with Gasteiger partial charge < -0.3 is 15.3 Å². The molecule has 0 saturated carbocycles. The smallest absolute Gasteiger partial charge is 0.421 e. The lowest BCUT2D eigenvalue weighted by Gasteiger charge is -2.27. The van der Waals surface area contributed by atoms with Gasteiger partial charge in [0.2, 0.25) is 0 Å². The first-order valence-corrected chi connectivity index (χ1v) is 5.38. The monoisotopic (exact) mass is 272 g/mol. The molecule has 3 N–H and O–H groups in total. The lowest BCUT2D eigenvalue weighted by Crippen LogP contribution is -2.39. The Labute approximate surface area is 106 Å². The van der Waals surface area contributed by atoms with Gasteiger partial charge in [0, 0.05) is 5.56 Å². The number of aliphatic hydroxyl groups is 1. The van der Waals surface area contributed by atoms with Crippen LogP contribution in [0.4, 0.5) is 13.2 Å². The molecule has 1 unspecified atom stereocenters. The highest BCUT2D eigenvalue weighted by molar-refractivity contribution is 5.86. The molecule has 1 atom stereocenters. The summed E-state index contributed by atoms with van der Waals surface area (Å²) in [5.74, 6) is -0.767.